The number of benzene rings is 2. The van der Waals surface area contributed by atoms with Crippen molar-refractivity contribution in [2.45, 2.75) is 19.9 Å². The van der Waals surface area contributed by atoms with Gasteiger partial charge in [-0.05, 0) is 36.7 Å². The molecule has 0 unspecified atom stereocenters. The van der Waals surface area contributed by atoms with Crippen molar-refractivity contribution in [3.05, 3.63) is 60.0 Å². The van der Waals surface area contributed by atoms with Gasteiger partial charge in [-0.3, -0.25) is 0 Å². The van der Waals surface area contributed by atoms with Crippen LogP contribution in [0, 0.1) is 5.82 Å². The Morgan fingerprint density at radius 3 is 2.86 bits per heavy atom. The number of halogens is 1. The van der Waals surface area contributed by atoms with Gasteiger partial charge in [0.2, 0.25) is 0 Å². The first-order valence-electron chi connectivity index (χ1n) is 7.22. The SMILES string of the molecule is CCCNCc1ccc(-n2ncc3ccccc32)c(F)c1. The molecule has 3 rings (SSSR count). The van der Waals surface area contributed by atoms with E-state index in [1.165, 1.54) is 0 Å². The van der Waals surface area contributed by atoms with Crippen molar-refractivity contribution < 1.29 is 4.39 Å². The second kappa shape index (κ2) is 6.06. The number of para-hydroxylation sites is 1. The number of nitrogens with one attached hydrogen (secondary N) is 1. The molecule has 0 atom stereocenters. The fourth-order valence-electron chi connectivity index (χ4n) is 2.41. The largest absolute Gasteiger partial charge is 0.313 e. The van der Waals surface area contributed by atoms with Gasteiger partial charge in [0, 0.05) is 11.9 Å². The molecule has 0 aliphatic carbocycles. The molecular weight excluding hydrogens is 265 g/mol. The predicted octanol–water partition coefficient (Wildman–Crippen LogP) is 3.66. The van der Waals surface area contributed by atoms with E-state index in [2.05, 4.69) is 17.3 Å². The molecule has 0 bridgehead atoms. The maximum atomic E-state index is 14.4. The van der Waals surface area contributed by atoms with Gasteiger partial charge >= 0.3 is 0 Å². The fraction of sp³-hybridized carbons (Fsp3) is 0.235. The molecule has 108 valence electrons. The van der Waals surface area contributed by atoms with Crippen molar-refractivity contribution in [3.8, 4) is 5.69 Å². The topological polar surface area (TPSA) is 29.9 Å². The molecule has 1 N–H and O–H groups in total. The first-order valence-corrected chi connectivity index (χ1v) is 7.22. The van der Waals surface area contributed by atoms with E-state index in [9.17, 15) is 4.39 Å². The van der Waals surface area contributed by atoms with Gasteiger partial charge < -0.3 is 5.32 Å². The van der Waals surface area contributed by atoms with E-state index in [1.54, 1.807) is 23.0 Å². The van der Waals surface area contributed by atoms with Gasteiger partial charge in [-0.2, -0.15) is 5.10 Å². The maximum Gasteiger partial charge on any atom is 0.149 e. The van der Waals surface area contributed by atoms with E-state index in [1.807, 2.05) is 30.3 Å². The summed E-state index contributed by atoms with van der Waals surface area (Å²) in [7, 11) is 0. The first-order chi connectivity index (χ1) is 10.3. The highest BCUT2D eigenvalue weighted by atomic mass is 19.1. The van der Waals surface area contributed by atoms with Crippen LogP contribution in [0.3, 0.4) is 0 Å². The minimum absolute atomic E-state index is 0.250. The van der Waals surface area contributed by atoms with Gasteiger partial charge in [0.25, 0.3) is 0 Å². The number of hydrogen-bond acceptors (Lipinski definition) is 2. The molecule has 0 spiro atoms. The van der Waals surface area contributed by atoms with Gasteiger partial charge in [-0.15, -0.1) is 0 Å². The van der Waals surface area contributed by atoms with Crippen LogP contribution in [0.5, 0.6) is 0 Å². The second-order valence-electron chi connectivity index (χ2n) is 5.08. The Kier molecular flexibility index (Phi) is 3.97. The minimum atomic E-state index is -0.250. The Hall–Kier alpha value is -2.20. The number of fused-ring (bicyclic) bond motifs is 1. The molecule has 1 heterocycles. The van der Waals surface area contributed by atoms with Crippen LogP contribution in [0.25, 0.3) is 16.6 Å². The average molecular weight is 283 g/mol. The normalized spacial score (nSPS) is 11.1. The maximum absolute atomic E-state index is 14.4. The number of hydrogen-bond donors (Lipinski definition) is 1. The molecule has 3 aromatic rings. The summed E-state index contributed by atoms with van der Waals surface area (Å²) >= 11 is 0. The van der Waals surface area contributed by atoms with E-state index < -0.39 is 0 Å². The number of nitrogens with zero attached hydrogens (tertiary/aromatic N) is 2. The van der Waals surface area contributed by atoms with Gasteiger partial charge in [0.1, 0.15) is 11.5 Å². The summed E-state index contributed by atoms with van der Waals surface area (Å²) in [4.78, 5) is 0. The van der Waals surface area contributed by atoms with Crippen LogP contribution >= 0.6 is 0 Å². The number of rotatable bonds is 5. The lowest BCUT2D eigenvalue weighted by molar-refractivity contribution is 0.606. The summed E-state index contributed by atoms with van der Waals surface area (Å²) < 4.78 is 16.0. The van der Waals surface area contributed by atoms with Crippen LogP contribution in [-0.4, -0.2) is 16.3 Å². The van der Waals surface area contributed by atoms with Crippen molar-refractivity contribution in [2.24, 2.45) is 0 Å². The molecule has 1 aromatic heterocycles. The summed E-state index contributed by atoms with van der Waals surface area (Å²) in [6.45, 7) is 3.73. The Balaban J connectivity index is 1.92. The van der Waals surface area contributed by atoms with Crippen molar-refractivity contribution >= 4 is 10.9 Å². The van der Waals surface area contributed by atoms with Crippen LogP contribution in [-0.2, 0) is 6.54 Å². The van der Waals surface area contributed by atoms with E-state index in [-0.39, 0.29) is 5.82 Å². The molecule has 0 aliphatic heterocycles. The second-order valence-corrected chi connectivity index (χ2v) is 5.08. The first kappa shape index (κ1) is 13.8. The third-order valence-corrected chi connectivity index (χ3v) is 3.47. The molecule has 21 heavy (non-hydrogen) atoms. The van der Waals surface area contributed by atoms with Crippen molar-refractivity contribution in [1.82, 2.24) is 15.1 Å². The lowest BCUT2D eigenvalue weighted by Crippen LogP contribution is -2.14. The monoisotopic (exact) mass is 283 g/mol. The molecule has 4 heteroatoms. The molecule has 3 nitrogen and oxygen atoms in total. The van der Waals surface area contributed by atoms with Crippen molar-refractivity contribution in [2.75, 3.05) is 6.54 Å². The smallest absolute Gasteiger partial charge is 0.149 e. The zero-order valence-electron chi connectivity index (χ0n) is 12.0. The van der Waals surface area contributed by atoms with Crippen LogP contribution in [0.2, 0.25) is 0 Å². The molecule has 0 radical (unpaired) electrons. The van der Waals surface area contributed by atoms with Crippen molar-refractivity contribution in [3.63, 3.8) is 0 Å². The minimum Gasteiger partial charge on any atom is -0.313 e. The van der Waals surface area contributed by atoms with E-state index >= 15 is 0 Å². The molecule has 0 saturated carbocycles. The molecule has 0 aliphatic rings. The van der Waals surface area contributed by atoms with E-state index in [0.717, 1.165) is 29.4 Å². The fourth-order valence-corrected chi connectivity index (χ4v) is 2.41. The molecule has 0 amide bonds. The molecular formula is C17H18FN3. The highest BCUT2D eigenvalue weighted by molar-refractivity contribution is 5.80. The lowest BCUT2D eigenvalue weighted by atomic mass is 10.2. The lowest BCUT2D eigenvalue weighted by Gasteiger charge is -2.08. The van der Waals surface area contributed by atoms with E-state index in [0.29, 0.717) is 12.2 Å². The summed E-state index contributed by atoms with van der Waals surface area (Å²) in [5, 5.41) is 8.57. The Labute approximate surface area is 123 Å². The van der Waals surface area contributed by atoms with Gasteiger partial charge in [-0.1, -0.05) is 31.2 Å². The standard InChI is InChI=1S/C17H18FN3/c1-2-9-19-11-13-7-8-17(15(18)10-13)21-16-6-4-3-5-14(16)12-20-21/h3-8,10,12,19H,2,9,11H2,1H3. The van der Waals surface area contributed by atoms with Crippen LogP contribution in [0.1, 0.15) is 18.9 Å². The van der Waals surface area contributed by atoms with Crippen LogP contribution in [0.4, 0.5) is 4.39 Å². The quantitative estimate of drug-likeness (QED) is 0.724. The highest BCUT2D eigenvalue weighted by Crippen LogP contribution is 2.21. The third kappa shape index (κ3) is 2.81. The van der Waals surface area contributed by atoms with Gasteiger partial charge in [0.05, 0.1) is 11.7 Å². The number of aromatic nitrogens is 2. The Morgan fingerprint density at radius 2 is 2.05 bits per heavy atom. The summed E-state index contributed by atoms with van der Waals surface area (Å²) in [5.74, 6) is -0.250. The highest BCUT2D eigenvalue weighted by Gasteiger charge is 2.09. The zero-order valence-corrected chi connectivity index (χ0v) is 12.0. The van der Waals surface area contributed by atoms with Crippen molar-refractivity contribution in [1.29, 1.82) is 0 Å². The van der Waals surface area contributed by atoms with Gasteiger partial charge in [0.15, 0.2) is 0 Å². The average Bonchev–Trinajstić information content (AvgIpc) is 2.92. The van der Waals surface area contributed by atoms with Crippen LogP contribution < -0.4 is 5.32 Å². The molecule has 2 aromatic carbocycles. The summed E-state index contributed by atoms with van der Waals surface area (Å²) in [5.41, 5.74) is 2.34. The third-order valence-electron chi connectivity index (χ3n) is 3.47. The predicted molar refractivity (Wildman–Crippen MR) is 83.0 cm³/mol. The van der Waals surface area contributed by atoms with Crippen LogP contribution in [0.15, 0.2) is 48.7 Å². The zero-order chi connectivity index (χ0) is 14.7. The summed E-state index contributed by atoms with van der Waals surface area (Å²) in [6.07, 6.45) is 2.82. The Bertz CT molecular complexity index is 749. The van der Waals surface area contributed by atoms with E-state index in [4.69, 9.17) is 0 Å². The molecule has 0 saturated heterocycles. The summed E-state index contributed by atoms with van der Waals surface area (Å²) in [6, 6.07) is 13.1. The Morgan fingerprint density at radius 1 is 1.19 bits per heavy atom. The van der Waals surface area contributed by atoms with Gasteiger partial charge in [-0.25, -0.2) is 9.07 Å². The molecule has 0 fully saturated rings.